The van der Waals surface area contributed by atoms with Crippen LogP contribution in [-0.2, 0) is 19.1 Å². The second-order valence-electron chi connectivity index (χ2n) is 8.53. The Balaban J connectivity index is 1.30. The Hall–Kier alpha value is -3.36. The second-order valence-corrected chi connectivity index (χ2v) is 9.85. The number of amides is 2. The summed E-state index contributed by atoms with van der Waals surface area (Å²) >= 11 is 9.38. The highest BCUT2D eigenvalue weighted by molar-refractivity contribution is 9.10. The number of hydrogen-bond acceptors (Lipinski definition) is 5. The van der Waals surface area contributed by atoms with Crippen LogP contribution < -0.4 is 15.0 Å². The van der Waals surface area contributed by atoms with Crippen LogP contribution in [0.3, 0.4) is 0 Å². The van der Waals surface area contributed by atoms with E-state index in [-0.39, 0.29) is 18.9 Å². The van der Waals surface area contributed by atoms with Gasteiger partial charge < -0.3 is 19.7 Å². The zero-order chi connectivity index (χ0) is 25.8. The van der Waals surface area contributed by atoms with Crippen molar-refractivity contribution in [3.8, 4) is 11.5 Å². The van der Waals surface area contributed by atoms with Gasteiger partial charge in [0.1, 0.15) is 11.5 Å². The molecular formula is C27H24BrClN2O5. The molecule has 3 aromatic rings. The van der Waals surface area contributed by atoms with Gasteiger partial charge in [-0.05, 0) is 79.6 Å². The van der Waals surface area contributed by atoms with E-state index in [2.05, 4.69) is 21.2 Å². The van der Waals surface area contributed by atoms with Crippen LogP contribution >= 0.6 is 27.5 Å². The molecule has 9 heteroatoms. The van der Waals surface area contributed by atoms with Crippen LogP contribution in [0.4, 0.5) is 11.4 Å². The lowest BCUT2D eigenvalue weighted by atomic mass is 10.1. The molecule has 0 aromatic heterocycles. The molecule has 0 unspecified atom stereocenters. The predicted molar refractivity (Wildman–Crippen MR) is 142 cm³/mol. The van der Waals surface area contributed by atoms with Crippen LogP contribution in [0.5, 0.6) is 11.5 Å². The second kappa shape index (κ2) is 11.1. The third-order valence-electron chi connectivity index (χ3n) is 5.87. The SMILES string of the molecule is Cc1ccc(Oc2ccc(N3C[C@H](C(=O)OCC(=O)Nc4ccc(Br)cc4Cl)CC3=O)cc2)cc1C. The molecule has 1 heterocycles. The Bertz CT molecular complexity index is 1310. The number of benzene rings is 3. The van der Waals surface area contributed by atoms with E-state index in [1.807, 2.05) is 32.0 Å². The zero-order valence-electron chi connectivity index (χ0n) is 19.7. The van der Waals surface area contributed by atoms with Gasteiger partial charge in [0.15, 0.2) is 6.61 Å². The van der Waals surface area contributed by atoms with Gasteiger partial charge in [-0.1, -0.05) is 33.6 Å². The highest BCUT2D eigenvalue weighted by atomic mass is 79.9. The molecule has 0 saturated carbocycles. The normalized spacial score (nSPS) is 15.1. The largest absolute Gasteiger partial charge is 0.457 e. The van der Waals surface area contributed by atoms with Gasteiger partial charge in [-0.2, -0.15) is 0 Å². The van der Waals surface area contributed by atoms with Crippen molar-refractivity contribution in [2.24, 2.45) is 5.92 Å². The number of hydrogen-bond donors (Lipinski definition) is 1. The minimum absolute atomic E-state index is 0.0138. The molecule has 4 rings (SSSR count). The summed E-state index contributed by atoms with van der Waals surface area (Å²) in [7, 11) is 0. The van der Waals surface area contributed by atoms with Crippen molar-refractivity contribution in [2.75, 3.05) is 23.4 Å². The first-order valence-electron chi connectivity index (χ1n) is 11.3. The van der Waals surface area contributed by atoms with Crippen LogP contribution in [0, 0.1) is 19.8 Å². The van der Waals surface area contributed by atoms with E-state index in [0.717, 1.165) is 15.8 Å². The molecule has 1 aliphatic rings. The minimum atomic E-state index is -0.659. The first-order chi connectivity index (χ1) is 17.2. The van der Waals surface area contributed by atoms with E-state index in [4.69, 9.17) is 21.1 Å². The fourth-order valence-corrected chi connectivity index (χ4v) is 4.47. The zero-order valence-corrected chi connectivity index (χ0v) is 22.1. The number of halogens is 2. The summed E-state index contributed by atoms with van der Waals surface area (Å²) in [6.45, 7) is 3.77. The Morgan fingerprint density at radius 1 is 1.03 bits per heavy atom. The van der Waals surface area contributed by atoms with Crippen LogP contribution in [0.25, 0.3) is 0 Å². The Morgan fingerprint density at radius 2 is 1.75 bits per heavy atom. The van der Waals surface area contributed by atoms with E-state index in [1.165, 1.54) is 10.5 Å². The maximum absolute atomic E-state index is 12.6. The molecule has 0 spiro atoms. The number of anilines is 2. The molecule has 1 fully saturated rings. The fourth-order valence-electron chi connectivity index (χ4n) is 3.75. The quantitative estimate of drug-likeness (QED) is 0.349. The van der Waals surface area contributed by atoms with Gasteiger partial charge >= 0.3 is 5.97 Å². The average molecular weight is 572 g/mol. The molecule has 1 saturated heterocycles. The van der Waals surface area contributed by atoms with Gasteiger partial charge in [0.05, 0.1) is 16.6 Å². The van der Waals surface area contributed by atoms with Gasteiger partial charge in [0, 0.05) is 23.1 Å². The monoisotopic (exact) mass is 570 g/mol. The number of esters is 1. The lowest BCUT2D eigenvalue weighted by Crippen LogP contribution is -2.28. The molecule has 1 atom stereocenters. The van der Waals surface area contributed by atoms with Gasteiger partial charge in [-0.15, -0.1) is 0 Å². The van der Waals surface area contributed by atoms with Crippen molar-refractivity contribution in [3.63, 3.8) is 0 Å². The summed E-state index contributed by atoms with van der Waals surface area (Å²) in [5, 5.41) is 2.95. The summed E-state index contributed by atoms with van der Waals surface area (Å²) < 4.78 is 11.8. The van der Waals surface area contributed by atoms with Crippen molar-refractivity contribution in [1.82, 2.24) is 0 Å². The Labute approximate surface area is 222 Å². The van der Waals surface area contributed by atoms with E-state index >= 15 is 0 Å². The maximum atomic E-state index is 12.6. The Morgan fingerprint density at radius 3 is 2.44 bits per heavy atom. The molecule has 1 aliphatic heterocycles. The number of carbonyl (C=O) groups excluding carboxylic acids is 3. The van der Waals surface area contributed by atoms with E-state index in [0.29, 0.717) is 22.1 Å². The van der Waals surface area contributed by atoms with Gasteiger partial charge in [0.2, 0.25) is 5.91 Å². The van der Waals surface area contributed by atoms with E-state index < -0.39 is 24.4 Å². The lowest BCUT2D eigenvalue weighted by Gasteiger charge is -2.17. The maximum Gasteiger partial charge on any atom is 0.311 e. The number of nitrogens with one attached hydrogen (secondary N) is 1. The third-order valence-corrected chi connectivity index (χ3v) is 6.68. The summed E-state index contributed by atoms with van der Waals surface area (Å²) in [5.74, 6) is -0.594. The number of nitrogens with zero attached hydrogens (tertiary/aromatic N) is 1. The summed E-state index contributed by atoms with van der Waals surface area (Å²) in [5.41, 5.74) is 3.39. The molecule has 3 aromatic carbocycles. The van der Waals surface area contributed by atoms with Crippen molar-refractivity contribution in [2.45, 2.75) is 20.3 Å². The average Bonchev–Trinajstić information content (AvgIpc) is 3.24. The van der Waals surface area contributed by atoms with Crippen molar-refractivity contribution < 1.29 is 23.9 Å². The van der Waals surface area contributed by atoms with Crippen LogP contribution in [0.1, 0.15) is 17.5 Å². The molecule has 0 aliphatic carbocycles. The van der Waals surface area contributed by atoms with Crippen LogP contribution in [-0.4, -0.2) is 30.9 Å². The Kier molecular flexibility index (Phi) is 7.96. The van der Waals surface area contributed by atoms with E-state index in [1.54, 1.807) is 42.5 Å². The number of carbonyl (C=O) groups is 3. The van der Waals surface area contributed by atoms with Gasteiger partial charge in [-0.3, -0.25) is 14.4 Å². The molecular weight excluding hydrogens is 548 g/mol. The van der Waals surface area contributed by atoms with Crippen LogP contribution in [0.2, 0.25) is 5.02 Å². The van der Waals surface area contributed by atoms with E-state index in [9.17, 15) is 14.4 Å². The highest BCUT2D eigenvalue weighted by Gasteiger charge is 2.36. The molecule has 186 valence electrons. The molecule has 1 N–H and O–H groups in total. The number of rotatable bonds is 7. The third kappa shape index (κ3) is 6.25. The van der Waals surface area contributed by atoms with Crippen LogP contribution in [0.15, 0.2) is 65.1 Å². The van der Waals surface area contributed by atoms with Gasteiger partial charge in [0.25, 0.3) is 5.91 Å². The number of aryl methyl sites for hydroxylation is 2. The molecule has 36 heavy (non-hydrogen) atoms. The standard InChI is InChI=1S/C27H24BrClN2O5/c1-16-3-7-22(11-17(16)2)36-21-8-5-20(6-9-21)31-14-18(12-26(31)33)27(34)35-15-25(32)30-24-10-4-19(28)13-23(24)29/h3-11,13,18H,12,14-15H2,1-2H3,(H,30,32)/t18-/m1/s1. The summed E-state index contributed by atoms with van der Waals surface area (Å²) in [4.78, 5) is 38.8. The predicted octanol–water partition coefficient (Wildman–Crippen LogP) is 6.05. The topological polar surface area (TPSA) is 84.9 Å². The lowest BCUT2D eigenvalue weighted by molar-refractivity contribution is -0.151. The fraction of sp³-hybridized carbons (Fsp3) is 0.222. The van der Waals surface area contributed by atoms with Gasteiger partial charge in [-0.25, -0.2) is 0 Å². The first kappa shape index (κ1) is 25.7. The summed E-state index contributed by atoms with van der Waals surface area (Å²) in [6.07, 6.45) is 0.0138. The summed E-state index contributed by atoms with van der Waals surface area (Å²) in [6, 6.07) is 18.0. The minimum Gasteiger partial charge on any atom is -0.457 e. The molecule has 0 radical (unpaired) electrons. The first-order valence-corrected chi connectivity index (χ1v) is 12.4. The molecule has 2 amide bonds. The highest BCUT2D eigenvalue weighted by Crippen LogP contribution is 2.30. The smallest absolute Gasteiger partial charge is 0.311 e. The van der Waals surface area contributed by atoms with Crippen molar-refractivity contribution in [1.29, 1.82) is 0 Å². The van der Waals surface area contributed by atoms with Crippen molar-refractivity contribution in [3.05, 3.63) is 81.3 Å². The molecule has 0 bridgehead atoms. The number of ether oxygens (including phenoxy) is 2. The molecule has 7 nitrogen and oxygen atoms in total. The van der Waals surface area contributed by atoms with Crippen molar-refractivity contribution >= 4 is 56.7 Å².